The van der Waals surface area contributed by atoms with Crippen LogP contribution in [0.2, 0.25) is 0 Å². The molecule has 0 radical (unpaired) electrons. The van der Waals surface area contributed by atoms with E-state index < -0.39 is 0 Å². The van der Waals surface area contributed by atoms with Crippen molar-refractivity contribution in [1.29, 1.82) is 0 Å². The van der Waals surface area contributed by atoms with Gasteiger partial charge in [-0.2, -0.15) is 0 Å². The number of aromatic amines is 1. The van der Waals surface area contributed by atoms with Crippen molar-refractivity contribution >= 4 is 11.5 Å². The molecule has 0 aliphatic heterocycles. The second-order valence-electron chi connectivity index (χ2n) is 1.56. The minimum absolute atomic E-state index is 0.243. The number of aromatic nitrogens is 1. The molecule has 0 bridgehead atoms. The van der Waals surface area contributed by atoms with Gasteiger partial charge in [0.15, 0.2) is 0 Å². The lowest BCUT2D eigenvalue weighted by Gasteiger charge is -1.95. The highest BCUT2D eigenvalue weighted by molar-refractivity contribution is 7.08. The molecule has 56 valence electrons. The monoisotopic (exact) mass is 161 g/mol. The first-order chi connectivity index (χ1) is 4.79. The summed E-state index contributed by atoms with van der Waals surface area (Å²) >= 11 is 1.12. The molecule has 1 heterocycles. The standard InChI is InChI=1S/C5H7NO3S/c1-8-3-4(7)6-10-5(3)9-2/h1-2H3,(H,6,7). The van der Waals surface area contributed by atoms with Gasteiger partial charge >= 0.3 is 5.56 Å². The molecule has 0 aromatic carbocycles. The van der Waals surface area contributed by atoms with Crippen LogP contribution in [0.3, 0.4) is 0 Å². The molecule has 0 aliphatic carbocycles. The van der Waals surface area contributed by atoms with E-state index in [1.807, 2.05) is 0 Å². The molecule has 0 aliphatic rings. The molecule has 10 heavy (non-hydrogen) atoms. The molecule has 1 aromatic heterocycles. The van der Waals surface area contributed by atoms with Gasteiger partial charge in [0.25, 0.3) is 0 Å². The molecule has 5 heteroatoms. The van der Waals surface area contributed by atoms with E-state index >= 15 is 0 Å². The van der Waals surface area contributed by atoms with E-state index in [9.17, 15) is 4.79 Å². The van der Waals surface area contributed by atoms with Crippen LogP contribution in [-0.4, -0.2) is 18.6 Å². The second kappa shape index (κ2) is 2.74. The van der Waals surface area contributed by atoms with E-state index in [2.05, 4.69) is 4.37 Å². The summed E-state index contributed by atoms with van der Waals surface area (Å²) in [6.07, 6.45) is 0. The van der Waals surface area contributed by atoms with Crippen molar-refractivity contribution in [3.63, 3.8) is 0 Å². The Morgan fingerprint density at radius 2 is 2.10 bits per heavy atom. The summed E-state index contributed by atoms with van der Waals surface area (Å²) in [7, 11) is 2.92. The number of hydrogen-bond acceptors (Lipinski definition) is 4. The lowest BCUT2D eigenvalue weighted by Crippen LogP contribution is -2.01. The fourth-order valence-electron chi connectivity index (χ4n) is 0.588. The van der Waals surface area contributed by atoms with Gasteiger partial charge in [0, 0.05) is 0 Å². The number of H-pyrrole nitrogens is 1. The summed E-state index contributed by atoms with van der Waals surface area (Å²) < 4.78 is 12.0. The van der Waals surface area contributed by atoms with Crippen LogP contribution in [0.5, 0.6) is 10.8 Å². The predicted molar refractivity (Wildman–Crippen MR) is 38.0 cm³/mol. The second-order valence-corrected chi connectivity index (χ2v) is 2.34. The first kappa shape index (κ1) is 7.14. The summed E-state index contributed by atoms with van der Waals surface area (Å²) in [6.45, 7) is 0. The predicted octanol–water partition coefficient (Wildman–Crippen LogP) is 0.454. The fourth-order valence-corrected chi connectivity index (χ4v) is 1.22. The smallest absolute Gasteiger partial charge is 0.304 e. The molecule has 0 spiro atoms. The van der Waals surface area contributed by atoms with Crippen molar-refractivity contribution in [2.75, 3.05) is 14.2 Å². The summed E-state index contributed by atoms with van der Waals surface area (Å²) in [5.74, 6) is 0.243. The molecule has 0 amide bonds. The molecule has 1 rings (SSSR count). The van der Waals surface area contributed by atoms with Gasteiger partial charge in [0.2, 0.25) is 10.8 Å². The summed E-state index contributed by atoms with van der Waals surface area (Å²) in [4.78, 5) is 10.8. The first-order valence-electron chi connectivity index (χ1n) is 2.59. The molecule has 4 nitrogen and oxygen atoms in total. The van der Waals surface area contributed by atoms with Crippen LogP contribution in [0.1, 0.15) is 0 Å². The lowest BCUT2D eigenvalue weighted by atomic mass is 10.6. The van der Waals surface area contributed by atoms with Gasteiger partial charge in [0.05, 0.1) is 14.2 Å². The zero-order valence-electron chi connectivity index (χ0n) is 5.63. The maximum Gasteiger partial charge on any atom is 0.304 e. The highest BCUT2D eigenvalue weighted by atomic mass is 32.1. The lowest BCUT2D eigenvalue weighted by molar-refractivity contribution is 0.361. The van der Waals surface area contributed by atoms with Crippen molar-refractivity contribution in [2.45, 2.75) is 0 Å². The SMILES string of the molecule is COc1s[nH]c(=O)c1OC. The van der Waals surface area contributed by atoms with Crippen molar-refractivity contribution in [3.05, 3.63) is 10.4 Å². The maximum absolute atomic E-state index is 10.8. The van der Waals surface area contributed by atoms with Gasteiger partial charge in [-0.25, -0.2) is 0 Å². The Bertz CT molecular complexity index is 264. The Kier molecular flexibility index (Phi) is 1.96. The Morgan fingerprint density at radius 3 is 2.50 bits per heavy atom. The minimum Gasteiger partial charge on any atom is -0.488 e. The molecule has 0 atom stereocenters. The van der Waals surface area contributed by atoms with Gasteiger partial charge in [-0.1, -0.05) is 0 Å². The van der Waals surface area contributed by atoms with Crippen molar-refractivity contribution in [3.8, 4) is 10.8 Å². The Morgan fingerprint density at radius 1 is 1.40 bits per heavy atom. The molecule has 0 saturated heterocycles. The van der Waals surface area contributed by atoms with E-state index in [1.165, 1.54) is 14.2 Å². The third kappa shape index (κ3) is 0.995. The van der Waals surface area contributed by atoms with E-state index in [1.54, 1.807) is 0 Å². The Hall–Kier alpha value is -0.970. The van der Waals surface area contributed by atoms with E-state index in [-0.39, 0.29) is 11.3 Å². The molecule has 1 aromatic rings. The van der Waals surface area contributed by atoms with Crippen molar-refractivity contribution in [2.24, 2.45) is 0 Å². The van der Waals surface area contributed by atoms with Crippen molar-refractivity contribution in [1.82, 2.24) is 4.37 Å². The third-order valence-corrected chi connectivity index (χ3v) is 1.84. The molecule has 0 saturated carbocycles. The van der Waals surface area contributed by atoms with Gasteiger partial charge < -0.3 is 9.47 Å². The molecular weight excluding hydrogens is 154 g/mol. The quantitative estimate of drug-likeness (QED) is 0.685. The molecule has 1 N–H and O–H groups in total. The van der Waals surface area contributed by atoms with Crippen LogP contribution in [0, 0.1) is 0 Å². The Labute approximate surface area is 61.6 Å². The highest BCUT2D eigenvalue weighted by Crippen LogP contribution is 2.25. The molecule has 0 unspecified atom stereocenters. The van der Waals surface area contributed by atoms with Gasteiger partial charge in [-0.05, 0) is 11.5 Å². The normalized spacial score (nSPS) is 9.40. The van der Waals surface area contributed by atoms with Crippen LogP contribution in [0.25, 0.3) is 0 Å². The number of ether oxygens (including phenoxy) is 2. The third-order valence-electron chi connectivity index (χ3n) is 1.02. The first-order valence-corrected chi connectivity index (χ1v) is 3.40. The largest absolute Gasteiger partial charge is 0.488 e. The summed E-state index contributed by atoms with van der Waals surface area (Å²) in [5.41, 5.74) is -0.246. The highest BCUT2D eigenvalue weighted by Gasteiger charge is 2.09. The van der Waals surface area contributed by atoms with Gasteiger partial charge in [0.1, 0.15) is 0 Å². The summed E-state index contributed by atoms with van der Waals surface area (Å²) in [6, 6.07) is 0. The topological polar surface area (TPSA) is 51.3 Å². The number of hydrogen-bond donors (Lipinski definition) is 1. The van der Waals surface area contributed by atoms with E-state index in [0.29, 0.717) is 5.06 Å². The van der Waals surface area contributed by atoms with Crippen LogP contribution < -0.4 is 15.0 Å². The van der Waals surface area contributed by atoms with E-state index in [0.717, 1.165) is 11.5 Å². The molecule has 0 fully saturated rings. The summed E-state index contributed by atoms with van der Waals surface area (Å²) in [5, 5.41) is 0.479. The maximum atomic E-state index is 10.8. The number of rotatable bonds is 2. The number of methoxy groups -OCH3 is 2. The minimum atomic E-state index is -0.246. The van der Waals surface area contributed by atoms with Crippen LogP contribution in [0.15, 0.2) is 4.79 Å². The van der Waals surface area contributed by atoms with Crippen LogP contribution in [-0.2, 0) is 0 Å². The molecular formula is C5H7NO3S. The van der Waals surface area contributed by atoms with Crippen LogP contribution >= 0.6 is 11.5 Å². The van der Waals surface area contributed by atoms with Crippen LogP contribution in [0.4, 0.5) is 0 Å². The Balaban J connectivity index is 3.13. The average molecular weight is 161 g/mol. The zero-order chi connectivity index (χ0) is 7.56. The van der Waals surface area contributed by atoms with Crippen molar-refractivity contribution < 1.29 is 9.47 Å². The van der Waals surface area contributed by atoms with Gasteiger partial charge in [-0.3, -0.25) is 9.17 Å². The fraction of sp³-hybridized carbons (Fsp3) is 0.400. The number of nitrogens with one attached hydrogen (secondary N) is 1. The average Bonchev–Trinajstić information content (AvgIpc) is 2.30. The van der Waals surface area contributed by atoms with E-state index in [4.69, 9.17) is 9.47 Å². The van der Waals surface area contributed by atoms with Gasteiger partial charge in [-0.15, -0.1) is 0 Å². The zero-order valence-corrected chi connectivity index (χ0v) is 6.45.